The number of benzene rings is 2. The van der Waals surface area contributed by atoms with Gasteiger partial charge in [0.05, 0.1) is 16.5 Å². The molecular formula is C20H21ClN2O2. The fourth-order valence-electron chi connectivity index (χ4n) is 2.95. The summed E-state index contributed by atoms with van der Waals surface area (Å²) in [6, 6.07) is 14.8. The Balaban J connectivity index is 1.78. The zero-order valence-electron chi connectivity index (χ0n) is 14.3. The van der Waals surface area contributed by atoms with Gasteiger partial charge < -0.3 is 10.2 Å². The molecule has 1 aliphatic rings. The van der Waals surface area contributed by atoms with Crippen LogP contribution in [-0.4, -0.2) is 30.8 Å². The predicted octanol–water partition coefficient (Wildman–Crippen LogP) is 4.17. The van der Waals surface area contributed by atoms with E-state index in [1.807, 2.05) is 30.3 Å². The molecule has 0 aromatic heterocycles. The molecule has 1 N–H and O–H groups in total. The van der Waals surface area contributed by atoms with Crippen LogP contribution >= 0.6 is 11.6 Å². The lowest BCUT2D eigenvalue weighted by atomic mass is 9.93. The van der Waals surface area contributed by atoms with Crippen LogP contribution < -0.4 is 5.32 Å². The second-order valence-electron chi connectivity index (χ2n) is 6.61. The van der Waals surface area contributed by atoms with Crippen molar-refractivity contribution in [1.82, 2.24) is 4.90 Å². The van der Waals surface area contributed by atoms with E-state index in [-0.39, 0.29) is 17.7 Å². The standard InChI is InChI=1S/C20H21ClN2O2/c1-23(2)20(25)16-11-10-15(12-17(16)21)22-19(24)18(14-8-9-14)13-6-4-3-5-7-13/h3-7,10-12,14,18H,8-9H2,1-2H3,(H,22,24). The summed E-state index contributed by atoms with van der Waals surface area (Å²) in [5.74, 6) is 0.0509. The number of carbonyl (C=O) groups is 2. The summed E-state index contributed by atoms with van der Waals surface area (Å²) in [5.41, 5.74) is 2.06. The molecule has 0 heterocycles. The SMILES string of the molecule is CN(C)C(=O)c1ccc(NC(=O)C(c2ccccc2)C2CC2)cc1Cl. The van der Waals surface area contributed by atoms with Crippen LogP contribution in [0.1, 0.15) is 34.7 Å². The van der Waals surface area contributed by atoms with Crippen molar-refractivity contribution in [1.29, 1.82) is 0 Å². The van der Waals surface area contributed by atoms with Gasteiger partial charge in [0, 0.05) is 19.8 Å². The van der Waals surface area contributed by atoms with Crippen molar-refractivity contribution in [3.8, 4) is 0 Å². The summed E-state index contributed by atoms with van der Waals surface area (Å²) in [6.45, 7) is 0. The molecule has 1 atom stereocenters. The van der Waals surface area contributed by atoms with E-state index in [2.05, 4.69) is 5.32 Å². The Labute approximate surface area is 152 Å². The summed E-state index contributed by atoms with van der Waals surface area (Å²) in [7, 11) is 3.35. The van der Waals surface area contributed by atoms with Crippen LogP contribution in [0.2, 0.25) is 5.02 Å². The van der Waals surface area contributed by atoms with Crippen LogP contribution in [0.5, 0.6) is 0 Å². The molecule has 1 aliphatic carbocycles. The normalized spacial score (nSPS) is 14.7. The summed E-state index contributed by atoms with van der Waals surface area (Å²) < 4.78 is 0. The first kappa shape index (κ1) is 17.5. The molecule has 130 valence electrons. The number of halogens is 1. The van der Waals surface area contributed by atoms with Crippen LogP contribution in [0.4, 0.5) is 5.69 Å². The van der Waals surface area contributed by atoms with E-state index >= 15 is 0 Å². The van der Waals surface area contributed by atoms with Gasteiger partial charge >= 0.3 is 0 Å². The Kier molecular flexibility index (Phi) is 5.09. The number of hydrogen-bond donors (Lipinski definition) is 1. The minimum Gasteiger partial charge on any atom is -0.345 e. The summed E-state index contributed by atoms with van der Waals surface area (Å²) in [4.78, 5) is 26.3. The zero-order valence-corrected chi connectivity index (χ0v) is 15.1. The Morgan fingerprint density at radius 2 is 1.80 bits per heavy atom. The highest BCUT2D eigenvalue weighted by molar-refractivity contribution is 6.34. The Morgan fingerprint density at radius 1 is 1.12 bits per heavy atom. The van der Waals surface area contributed by atoms with Gasteiger partial charge in [0.2, 0.25) is 5.91 Å². The van der Waals surface area contributed by atoms with Gasteiger partial charge in [-0.25, -0.2) is 0 Å². The molecule has 0 aliphatic heterocycles. The van der Waals surface area contributed by atoms with Gasteiger partial charge in [0.1, 0.15) is 0 Å². The summed E-state index contributed by atoms with van der Waals surface area (Å²) in [5, 5.41) is 3.28. The number of anilines is 1. The molecule has 1 saturated carbocycles. The van der Waals surface area contributed by atoms with Crippen molar-refractivity contribution in [2.75, 3.05) is 19.4 Å². The molecule has 0 bridgehead atoms. The van der Waals surface area contributed by atoms with E-state index < -0.39 is 0 Å². The third kappa shape index (κ3) is 4.02. The van der Waals surface area contributed by atoms with Gasteiger partial charge in [-0.1, -0.05) is 41.9 Å². The molecule has 3 rings (SSSR count). The second-order valence-corrected chi connectivity index (χ2v) is 7.02. The molecule has 1 unspecified atom stereocenters. The van der Waals surface area contributed by atoms with Crippen molar-refractivity contribution in [3.63, 3.8) is 0 Å². The second kappa shape index (κ2) is 7.28. The fraction of sp³-hybridized carbons (Fsp3) is 0.300. The molecular weight excluding hydrogens is 336 g/mol. The number of carbonyl (C=O) groups excluding carboxylic acids is 2. The average Bonchev–Trinajstić information content (AvgIpc) is 3.40. The fourth-order valence-corrected chi connectivity index (χ4v) is 3.22. The molecule has 2 amide bonds. The van der Waals surface area contributed by atoms with Crippen LogP contribution in [0.3, 0.4) is 0 Å². The van der Waals surface area contributed by atoms with E-state index in [9.17, 15) is 9.59 Å². The number of nitrogens with zero attached hydrogens (tertiary/aromatic N) is 1. The van der Waals surface area contributed by atoms with Crippen molar-refractivity contribution >= 4 is 29.1 Å². The highest BCUT2D eigenvalue weighted by atomic mass is 35.5. The van der Waals surface area contributed by atoms with Crippen LogP contribution in [0.15, 0.2) is 48.5 Å². The van der Waals surface area contributed by atoms with E-state index in [1.54, 1.807) is 32.3 Å². The van der Waals surface area contributed by atoms with Crippen molar-refractivity contribution in [2.45, 2.75) is 18.8 Å². The molecule has 0 radical (unpaired) electrons. The van der Waals surface area contributed by atoms with Gasteiger partial charge in [0.25, 0.3) is 5.91 Å². The van der Waals surface area contributed by atoms with Crippen LogP contribution in [0, 0.1) is 5.92 Å². The minimum absolute atomic E-state index is 0.0311. The monoisotopic (exact) mass is 356 g/mol. The van der Waals surface area contributed by atoms with Crippen LogP contribution in [-0.2, 0) is 4.79 Å². The van der Waals surface area contributed by atoms with Crippen molar-refractivity contribution in [3.05, 3.63) is 64.7 Å². The lowest BCUT2D eigenvalue weighted by Gasteiger charge is -2.17. The lowest BCUT2D eigenvalue weighted by Crippen LogP contribution is -2.23. The Bertz CT molecular complexity index is 786. The first-order chi connectivity index (χ1) is 12.0. The maximum absolute atomic E-state index is 12.8. The molecule has 2 aromatic rings. The molecule has 0 saturated heterocycles. The molecule has 0 spiro atoms. The summed E-state index contributed by atoms with van der Waals surface area (Å²) >= 11 is 6.22. The first-order valence-electron chi connectivity index (χ1n) is 8.34. The largest absolute Gasteiger partial charge is 0.345 e. The topological polar surface area (TPSA) is 49.4 Å². The molecule has 5 heteroatoms. The highest BCUT2D eigenvalue weighted by Gasteiger charge is 2.37. The Morgan fingerprint density at radius 3 is 2.36 bits per heavy atom. The maximum atomic E-state index is 12.8. The predicted molar refractivity (Wildman–Crippen MR) is 100 cm³/mol. The smallest absolute Gasteiger partial charge is 0.254 e. The number of rotatable bonds is 5. The third-order valence-electron chi connectivity index (χ3n) is 4.41. The first-order valence-corrected chi connectivity index (χ1v) is 8.72. The van der Waals surface area contributed by atoms with Crippen molar-refractivity contribution < 1.29 is 9.59 Å². The quantitative estimate of drug-likeness (QED) is 0.873. The zero-order chi connectivity index (χ0) is 18.0. The van der Waals surface area contributed by atoms with Gasteiger partial charge in [-0.3, -0.25) is 9.59 Å². The van der Waals surface area contributed by atoms with Gasteiger partial charge in [-0.2, -0.15) is 0 Å². The highest BCUT2D eigenvalue weighted by Crippen LogP contribution is 2.43. The van der Waals surface area contributed by atoms with Gasteiger partial charge in [-0.05, 0) is 42.5 Å². The molecule has 25 heavy (non-hydrogen) atoms. The van der Waals surface area contributed by atoms with E-state index in [0.717, 1.165) is 18.4 Å². The van der Waals surface area contributed by atoms with E-state index in [1.165, 1.54) is 4.90 Å². The third-order valence-corrected chi connectivity index (χ3v) is 4.72. The van der Waals surface area contributed by atoms with Gasteiger partial charge in [0.15, 0.2) is 0 Å². The molecule has 4 nitrogen and oxygen atoms in total. The number of nitrogens with one attached hydrogen (secondary N) is 1. The Hall–Kier alpha value is -2.33. The average molecular weight is 357 g/mol. The molecule has 1 fully saturated rings. The van der Waals surface area contributed by atoms with Crippen molar-refractivity contribution in [2.24, 2.45) is 5.92 Å². The van der Waals surface area contributed by atoms with E-state index in [0.29, 0.717) is 22.2 Å². The van der Waals surface area contributed by atoms with E-state index in [4.69, 9.17) is 11.6 Å². The minimum atomic E-state index is -0.164. The van der Waals surface area contributed by atoms with Crippen LogP contribution in [0.25, 0.3) is 0 Å². The maximum Gasteiger partial charge on any atom is 0.254 e. The lowest BCUT2D eigenvalue weighted by molar-refractivity contribution is -0.118. The molecule has 2 aromatic carbocycles. The number of hydrogen-bond acceptors (Lipinski definition) is 2. The summed E-state index contributed by atoms with van der Waals surface area (Å²) in [6.07, 6.45) is 2.15. The van der Waals surface area contributed by atoms with Gasteiger partial charge in [-0.15, -0.1) is 0 Å². The number of amides is 2.